The van der Waals surface area contributed by atoms with E-state index in [1.54, 1.807) is 43.3 Å². The number of hydrogen-bond acceptors (Lipinski definition) is 7. The summed E-state index contributed by atoms with van der Waals surface area (Å²) in [6, 6.07) is 15.4. The van der Waals surface area contributed by atoms with E-state index in [-0.39, 0.29) is 40.3 Å². The lowest BCUT2D eigenvalue weighted by atomic mass is 9.77. The Morgan fingerprint density at radius 1 is 1.08 bits per heavy atom. The molecule has 8 nitrogen and oxygen atoms in total. The Morgan fingerprint density at radius 3 is 2.46 bits per heavy atom. The second kappa shape index (κ2) is 10.2. The third-order valence-corrected chi connectivity index (χ3v) is 9.06. The Labute approximate surface area is 221 Å². The van der Waals surface area contributed by atoms with Crippen molar-refractivity contribution >= 4 is 40.4 Å². The molecule has 2 aliphatic rings. The molecular weight excluding hydrogens is 521 g/mol. The summed E-state index contributed by atoms with van der Waals surface area (Å²) >= 11 is 8.46. The number of ether oxygens (including phenoxy) is 1. The molecule has 0 spiro atoms. The van der Waals surface area contributed by atoms with Crippen LogP contribution >= 0.6 is 23.4 Å². The zero-order chi connectivity index (χ0) is 26.3. The highest BCUT2D eigenvalue weighted by Crippen LogP contribution is 2.59. The Bertz CT molecular complexity index is 1360. The maximum Gasteiger partial charge on any atom is 0.296 e. The van der Waals surface area contributed by atoms with E-state index in [9.17, 15) is 24.6 Å². The third kappa shape index (κ3) is 4.71. The second-order valence-electron chi connectivity index (χ2n) is 9.02. The van der Waals surface area contributed by atoms with E-state index in [1.165, 1.54) is 36.0 Å². The predicted octanol–water partition coefficient (Wildman–Crippen LogP) is 7.08. The molecule has 37 heavy (non-hydrogen) atoms. The summed E-state index contributed by atoms with van der Waals surface area (Å²) < 4.78 is 19.4. The lowest BCUT2D eigenvalue weighted by Crippen LogP contribution is -2.31. The van der Waals surface area contributed by atoms with Crippen LogP contribution < -0.4 is 10.1 Å². The summed E-state index contributed by atoms with van der Waals surface area (Å²) in [5.41, 5.74) is 1.72. The van der Waals surface area contributed by atoms with E-state index < -0.39 is 15.2 Å². The van der Waals surface area contributed by atoms with Crippen LogP contribution in [-0.2, 0) is 0 Å². The Morgan fingerprint density at radius 2 is 1.78 bits per heavy atom. The molecule has 5 rings (SSSR count). The lowest BCUT2D eigenvalue weighted by Gasteiger charge is -2.38. The van der Waals surface area contributed by atoms with Gasteiger partial charge in [0.1, 0.15) is 17.3 Å². The molecule has 11 heteroatoms. The van der Waals surface area contributed by atoms with Crippen molar-refractivity contribution in [3.8, 4) is 5.75 Å². The summed E-state index contributed by atoms with van der Waals surface area (Å²) in [7, 11) is 0. The van der Waals surface area contributed by atoms with Gasteiger partial charge < -0.3 is 10.1 Å². The van der Waals surface area contributed by atoms with Crippen molar-refractivity contribution in [2.24, 2.45) is 5.92 Å². The largest absolute Gasteiger partial charge is 0.494 e. The average Bonchev–Trinajstić information content (AvgIpc) is 3.20. The van der Waals surface area contributed by atoms with Crippen molar-refractivity contribution in [3.63, 3.8) is 0 Å². The number of nitrogens with zero attached hydrogens (tertiary/aromatic N) is 2. The van der Waals surface area contributed by atoms with Crippen LogP contribution in [0.5, 0.6) is 5.75 Å². The molecule has 1 aliphatic heterocycles. The molecule has 0 bridgehead atoms. The summed E-state index contributed by atoms with van der Waals surface area (Å²) in [6.45, 7) is 2.15. The Balaban J connectivity index is 1.61. The number of benzene rings is 3. The molecule has 1 heterocycles. The molecule has 1 fully saturated rings. The summed E-state index contributed by atoms with van der Waals surface area (Å²) in [6.07, 6.45) is 0.594. The van der Waals surface area contributed by atoms with Gasteiger partial charge in [-0.25, -0.2) is 4.39 Å². The maximum atomic E-state index is 13.7. The molecule has 1 saturated carbocycles. The van der Waals surface area contributed by atoms with Crippen molar-refractivity contribution in [2.45, 2.75) is 40.8 Å². The number of nitro groups is 2. The average molecular weight is 544 g/mol. The monoisotopic (exact) mass is 543 g/mol. The number of alkyl halides is 1. The van der Waals surface area contributed by atoms with Gasteiger partial charge in [0.2, 0.25) is 0 Å². The number of rotatable bonds is 7. The standard InChI is InChI=1S/C26H23ClFN3O5S/c1-2-36-16-11-17-23-18(13-22(24(23)27)37-21-6-4-3-5-19(21)30(32)33)25(14-7-9-15(28)10-8-14)29-26(17)20(12-16)31(34)35/h3-12,18,22-25,29H,2,13H2,1H3. The van der Waals surface area contributed by atoms with E-state index in [2.05, 4.69) is 5.32 Å². The Kier molecular flexibility index (Phi) is 6.96. The molecule has 0 radical (unpaired) electrons. The van der Waals surface area contributed by atoms with Gasteiger partial charge in [-0.2, -0.15) is 0 Å². The van der Waals surface area contributed by atoms with Gasteiger partial charge in [0.25, 0.3) is 11.4 Å². The van der Waals surface area contributed by atoms with Gasteiger partial charge in [0.05, 0.1) is 38.8 Å². The number of hydrogen-bond donors (Lipinski definition) is 1. The first kappa shape index (κ1) is 25.3. The topological polar surface area (TPSA) is 108 Å². The first-order valence-electron chi connectivity index (χ1n) is 11.8. The minimum atomic E-state index is -0.477. The molecular formula is C26H23ClFN3O5S. The van der Waals surface area contributed by atoms with Crippen LogP contribution in [0.15, 0.2) is 65.6 Å². The van der Waals surface area contributed by atoms with E-state index in [1.807, 2.05) is 0 Å². The molecule has 192 valence electrons. The molecule has 5 atom stereocenters. The molecule has 0 aromatic heterocycles. The van der Waals surface area contributed by atoms with Crippen molar-refractivity contribution in [1.29, 1.82) is 0 Å². The fourth-order valence-electron chi connectivity index (χ4n) is 5.44. The van der Waals surface area contributed by atoms with Crippen molar-refractivity contribution in [1.82, 2.24) is 0 Å². The van der Waals surface area contributed by atoms with Crippen LogP contribution in [0.25, 0.3) is 0 Å². The summed E-state index contributed by atoms with van der Waals surface area (Å²) in [5.74, 6) is -0.396. The predicted molar refractivity (Wildman–Crippen MR) is 140 cm³/mol. The number of anilines is 1. The maximum absolute atomic E-state index is 13.7. The number of nitrogens with one attached hydrogen (secondary N) is 1. The lowest BCUT2D eigenvalue weighted by molar-refractivity contribution is -0.387. The van der Waals surface area contributed by atoms with Gasteiger partial charge in [0, 0.05) is 17.2 Å². The minimum absolute atomic E-state index is 0.00844. The van der Waals surface area contributed by atoms with Crippen LogP contribution in [-0.4, -0.2) is 27.1 Å². The first-order chi connectivity index (χ1) is 17.8. The normalized spacial score (nSPS) is 24.0. The molecule has 3 aromatic carbocycles. The SMILES string of the molecule is CCOc1cc2c(c([N+](=O)[O-])c1)NC(c1ccc(F)cc1)C1CC(Sc3ccccc3[N+](=O)[O-])C(Cl)C21. The van der Waals surface area contributed by atoms with E-state index >= 15 is 0 Å². The molecule has 5 unspecified atom stereocenters. The van der Waals surface area contributed by atoms with E-state index in [0.717, 1.165) is 5.56 Å². The number of nitro benzene ring substituents is 2. The van der Waals surface area contributed by atoms with Crippen LogP contribution in [0.4, 0.5) is 21.5 Å². The van der Waals surface area contributed by atoms with Crippen LogP contribution in [0.2, 0.25) is 0 Å². The number of para-hydroxylation sites is 1. The van der Waals surface area contributed by atoms with Crippen molar-refractivity contribution in [2.75, 3.05) is 11.9 Å². The zero-order valence-electron chi connectivity index (χ0n) is 19.7. The summed E-state index contributed by atoms with van der Waals surface area (Å²) in [4.78, 5) is 23.3. The zero-order valence-corrected chi connectivity index (χ0v) is 21.2. The number of fused-ring (bicyclic) bond motifs is 3. The van der Waals surface area contributed by atoms with Crippen LogP contribution in [0.1, 0.15) is 36.4 Å². The van der Waals surface area contributed by atoms with Crippen molar-refractivity contribution < 1.29 is 19.0 Å². The fourth-order valence-corrected chi connectivity index (χ4v) is 7.39. The van der Waals surface area contributed by atoms with Gasteiger partial charge in [-0.3, -0.25) is 20.2 Å². The summed E-state index contributed by atoms with van der Waals surface area (Å²) in [5, 5.41) is 26.3. The molecule has 0 amide bonds. The highest BCUT2D eigenvalue weighted by Gasteiger charge is 2.52. The second-order valence-corrected chi connectivity index (χ2v) is 10.8. The highest BCUT2D eigenvalue weighted by atomic mass is 35.5. The van der Waals surface area contributed by atoms with Gasteiger partial charge in [-0.15, -0.1) is 23.4 Å². The fraction of sp³-hybridized carbons (Fsp3) is 0.308. The van der Waals surface area contributed by atoms with Crippen molar-refractivity contribution in [3.05, 3.63) is 97.8 Å². The molecule has 3 aromatic rings. The van der Waals surface area contributed by atoms with Gasteiger partial charge in [0.15, 0.2) is 0 Å². The number of thioether (sulfide) groups is 1. The van der Waals surface area contributed by atoms with E-state index in [0.29, 0.717) is 34.9 Å². The van der Waals surface area contributed by atoms with E-state index in [4.69, 9.17) is 16.3 Å². The first-order valence-corrected chi connectivity index (χ1v) is 13.1. The minimum Gasteiger partial charge on any atom is -0.494 e. The quantitative estimate of drug-likeness (QED) is 0.193. The smallest absolute Gasteiger partial charge is 0.296 e. The Hall–Kier alpha value is -3.37. The van der Waals surface area contributed by atoms with Gasteiger partial charge >= 0.3 is 0 Å². The van der Waals surface area contributed by atoms with Gasteiger partial charge in [-0.05, 0) is 54.7 Å². The van der Waals surface area contributed by atoms with Gasteiger partial charge in [-0.1, -0.05) is 24.3 Å². The van der Waals surface area contributed by atoms with Crippen LogP contribution in [0.3, 0.4) is 0 Å². The highest BCUT2D eigenvalue weighted by molar-refractivity contribution is 8.00. The number of halogens is 2. The van der Waals surface area contributed by atoms with Crippen LogP contribution in [0, 0.1) is 32.0 Å². The third-order valence-electron chi connectivity index (χ3n) is 6.95. The molecule has 0 saturated heterocycles. The molecule has 1 aliphatic carbocycles. The molecule has 1 N–H and O–H groups in total.